The molecule has 156 valence electrons. The van der Waals surface area contributed by atoms with Gasteiger partial charge in [-0.1, -0.05) is 30.3 Å². The summed E-state index contributed by atoms with van der Waals surface area (Å²) in [5, 5.41) is 0. The molecule has 30 heavy (non-hydrogen) atoms. The van der Waals surface area contributed by atoms with Gasteiger partial charge in [0, 0.05) is 32.3 Å². The predicted molar refractivity (Wildman–Crippen MR) is 115 cm³/mol. The van der Waals surface area contributed by atoms with Crippen LogP contribution in [0, 0.1) is 5.92 Å². The third-order valence-corrected chi connectivity index (χ3v) is 5.79. The summed E-state index contributed by atoms with van der Waals surface area (Å²) < 4.78 is 2.03. The Morgan fingerprint density at radius 1 is 1.17 bits per heavy atom. The van der Waals surface area contributed by atoms with Crippen molar-refractivity contribution in [2.24, 2.45) is 11.7 Å². The van der Waals surface area contributed by atoms with Gasteiger partial charge in [0.2, 0.25) is 5.91 Å². The molecule has 1 unspecified atom stereocenters. The molecule has 7 nitrogen and oxygen atoms in total. The third-order valence-electron chi connectivity index (χ3n) is 5.79. The monoisotopic (exact) mass is 405 g/mol. The standard InChI is InChI=1S/C23H27N5O2/c24-21(29)9-8-18-7-4-11-27(15-18)23(30)19-13-20-22(25-14-19)28(16-26-20)12-10-17-5-2-1-3-6-17/h1-3,5-6,13-14,16,18H,4,7-12,15H2,(H2,24,29). The highest BCUT2D eigenvalue weighted by molar-refractivity contribution is 5.96. The quantitative estimate of drug-likeness (QED) is 0.654. The minimum absolute atomic E-state index is 0.0213. The van der Waals surface area contributed by atoms with E-state index < -0.39 is 0 Å². The van der Waals surface area contributed by atoms with E-state index in [4.69, 9.17) is 5.73 Å². The molecular formula is C23H27N5O2. The van der Waals surface area contributed by atoms with Gasteiger partial charge in [-0.25, -0.2) is 9.97 Å². The van der Waals surface area contributed by atoms with Crippen LogP contribution in [-0.2, 0) is 17.8 Å². The van der Waals surface area contributed by atoms with E-state index in [1.165, 1.54) is 5.56 Å². The summed E-state index contributed by atoms with van der Waals surface area (Å²) in [7, 11) is 0. The number of carbonyl (C=O) groups excluding carboxylic acids is 2. The first-order valence-corrected chi connectivity index (χ1v) is 10.5. The number of hydrogen-bond donors (Lipinski definition) is 1. The van der Waals surface area contributed by atoms with E-state index in [2.05, 4.69) is 22.1 Å². The van der Waals surface area contributed by atoms with Crippen molar-refractivity contribution in [1.82, 2.24) is 19.4 Å². The SMILES string of the molecule is NC(=O)CCC1CCCN(C(=O)c2cnc3c(c2)ncn3CCc2ccccc2)C1. The maximum atomic E-state index is 13.0. The van der Waals surface area contributed by atoms with Gasteiger partial charge in [0.25, 0.3) is 5.91 Å². The lowest BCUT2D eigenvalue weighted by Gasteiger charge is -2.32. The van der Waals surface area contributed by atoms with Crippen molar-refractivity contribution in [3.63, 3.8) is 0 Å². The number of pyridine rings is 1. The number of imidazole rings is 1. The van der Waals surface area contributed by atoms with Gasteiger partial charge in [-0.3, -0.25) is 9.59 Å². The van der Waals surface area contributed by atoms with Gasteiger partial charge in [-0.15, -0.1) is 0 Å². The van der Waals surface area contributed by atoms with E-state index >= 15 is 0 Å². The number of hydrogen-bond acceptors (Lipinski definition) is 4. The number of benzene rings is 1. The average molecular weight is 406 g/mol. The third kappa shape index (κ3) is 4.67. The Morgan fingerprint density at radius 2 is 2.00 bits per heavy atom. The number of rotatable bonds is 7. The lowest BCUT2D eigenvalue weighted by molar-refractivity contribution is -0.118. The molecule has 2 N–H and O–H groups in total. The van der Waals surface area contributed by atoms with Gasteiger partial charge in [0.05, 0.1) is 11.9 Å². The summed E-state index contributed by atoms with van der Waals surface area (Å²) in [5.41, 5.74) is 8.62. The molecule has 0 saturated carbocycles. The highest BCUT2D eigenvalue weighted by Gasteiger charge is 2.25. The Bertz CT molecular complexity index is 1030. The molecule has 1 aliphatic heterocycles. The van der Waals surface area contributed by atoms with Crippen LogP contribution in [0.5, 0.6) is 0 Å². The number of piperidine rings is 1. The smallest absolute Gasteiger partial charge is 0.255 e. The van der Waals surface area contributed by atoms with Gasteiger partial charge in [0.15, 0.2) is 5.65 Å². The van der Waals surface area contributed by atoms with Crippen LogP contribution >= 0.6 is 0 Å². The summed E-state index contributed by atoms with van der Waals surface area (Å²) in [5.74, 6) is 0.0204. The molecule has 0 spiro atoms. The molecule has 1 aromatic carbocycles. The molecule has 2 amide bonds. The van der Waals surface area contributed by atoms with Crippen LogP contribution in [0.15, 0.2) is 48.9 Å². The van der Waals surface area contributed by atoms with Gasteiger partial charge in [0.1, 0.15) is 5.52 Å². The molecular weight excluding hydrogens is 378 g/mol. The normalized spacial score (nSPS) is 16.7. The van der Waals surface area contributed by atoms with Crippen molar-refractivity contribution in [2.75, 3.05) is 13.1 Å². The molecule has 7 heteroatoms. The fourth-order valence-corrected chi connectivity index (χ4v) is 4.14. The second-order valence-corrected chi connectivity index (χ2v) is 8.00. The highest BCUT2D eigenvalue weighted by atomic mass is 16.2. The number of nitrogens with zero attached hydrogens (tertiary/aromatic N) is 4. The minimum Gasteiger partial charge on any atom is -0.370 e. The summed E-state index contributed by atoms with van der Waals surface area (Å²) in [4.78, 5) is 34.9. The highest BCUT2D eigenvalue weighted by Crippen LogP contribution is 2.23. The van der Waals surface area contributed by atoms with Crippen LogP contribution in [0.2, 0.25) is 0 Å². The second-order valence-electron chi connectivity index (χ2n) is 8.00. The number of nitrogens with two attached hydrogens (primary N) is 1. The predicted octanol–water partition coefficient (Wildman–Crippen LogP) is 2.79. The Morgan fingerprint density at radius 3 is 2.80 bits per heavy atom. The number of amides is 2. The molecule has 2 aromatic heterocycles. The van der Waals surface area contributed by atoms with Crippen LogP contribution in [0.1, 0.15) is 41.6 Å². The van der Waals surface area contributed by atoms with E-state index in [1.54, 1.807) is 12.5 Å². The van der Waals surface area contributed by atoms with E-state index in [9.17, 15) is 9.59 Å². The number of aromatic nitrogens is 3. The van der Waals surface area contributed by atoms with Gasteiger partial charge in [-0.2, -0.15) is 0 Å². The zero-order valence-electron chi connectivity index (χ0n) is 17.0. The van der Waals surface area contributed by atoms with Crippen molar-refractivity contribution < 1.29 is 9.59 Å². The van der Waals surface area contributed by atoms with E-state index in [1.807, 2.05) is 33.7 Å². The minimum atomic E-state index is -0.282. The first kappa shape index (κ1) is 20.1. The molecule has 3 heterocycles. The van der Waals surface area contributed by atoms with E-state index in [-0.39, 0.29) is 11.8 Å². The maximum Gasteiger partial charge on any atom is 0.255 e. The van der Waals surface area contributed by atoms with Gasteiger partial charge in [-0.05, 0) is 43.2 Å². The zero-order valence-corrected chi connectivity index (χ0v) is 17.0. The Balaban J connectivity index is 1.43. The van der Waals surface area contributed by atoms with E-state index in [0.29, 0.717) is 24.4 Å². The largest absolute Gasteiger partial charge is 0.370 e. The number of carbonyl (C=O) groups is 2. The van der Waals surface area contributed by atoms with Crippen LogP contribution in [0.4, 0.5) is 0 Å². The van der Waals surface area contributed by atoms with Crippen molar-refractivity contribution in [3.8, 4) is 0 Å². The Hall–Kier alpha value is -3.22. The number of fused-ring (bicyclic) bond motifs is 1. The molecule has 0 bridgehead atoms. The molecule has 0 radical (unpaired) electrons. The van der Waals surface area contributed by atoms with E-state index in [0.717, 1.165) is 49.9 Å². The lowest BCUT2D eigenvalue weighted by atomic mass is 9.93. The number of aryl methyl sites for hydroxylation is 2. The fraction of sp³-hybridized carbons (Fsp3) is 0.391. The Kier molecular flexibility index (Phi) is 6.07. The van der Waals surface area contributed by atoms with Crippen LogP contribution in [-0.4, -0.2) is 44.3 Å². The average Bonchev–Trinajstić information content (AvgIpc) is 3.19. The van der Waals surface area contributed by atoms with Crippen molar-refractivity contribution in [3.05, 3.63) is 60.0 Å². The summed E-state index contributed by atoms with van der Waals surface area (Å²) >= 11 is 0. The molecule has 1 saturated heterocycles. The van der Waals surface area contributed by atoms with Crippen molar-refractivity contribution in [2.45, 2.75) is 38.6 Å². The van der Waals surface area contributed by atoms with Crippen molar-refractivity contribution in [1.29, 1.82) is 0 Å². The van der Waals surface area contributed by atoms with Crippen LogP contribution in [0.3, 0.4) is 0 Å². The summed E-state index contributed by atoms with van der Waals surface area (Å²) in [6, 6.07) is 12.1. The lowest BCUT2D eigenvalue weighted by Crippen LogP contribution is -2.40. The summed E-state index contributed by atoms with van der Waals surface area (Å²) in [6.45, 7) is 2.18. The molecule has 1 fully saturated rings. The van der Waals surface area contributed by atoms with Gasteiger partial charge >= 0.3 is 0 Å². The van der Waals surface area contributed by atoms with Crippen LogP contribution < -0.4 is 5.73 Å². The Labute approximate surface area is 175 Å². The molecule has 3 aromatic rings. The number of primary amides is 1. The molecule has 1 atom stereocenters. The topological polar surface area (TPSA) is 94.1 Å². The molecule has 1 aliphatic rings. The van der Waals surface area contributed by atoms with Crippen LogP contribution in [0.25, 0.3) is 11.2 Å². The second kappa shape index (κ2) is 9.07. The first-order chi connectivity index (χ1) is 14.6. The summed E-state index contributed by atoms with van der Waals surface area (Å²) in [6.07, 6.45) is 7.42. The number of likely N-dealkylation sites (tertiary alicyclic amines) is 1. The first-order valence-electron chi connectivity index (χ1n) is 10.5. The van der Waals surface area contributed by atoms with Gasteiger partial charge < -0.3 is 15.2 Å². The molecule has 0 aliphatic carbocycles. The zero-order chi connectivity index (χ0) is 20.9. The van der Waals surface area contributed by atoms with Crippen molar-refractivity contribution >= 4 is 23.0 Å². The fourth-order valence-electron chi connectivity index (χ4n) is 4.14. The maximum absolute atomic E-state index is 13.0. The molecule has 4 rings (SSSR count).